The molecular weight excluding hydrogens is 378 g/mol. The summed E-state index contributed by atoms with van der Waals surface area (Å²) in [4.78, 5) is 27.9. The number of fused-ring (bicyclic) bond motifs is 1. The van der Waals surface area contributed by atoms with Gasteiger partial charge in [0.2, 0.25) is 0 Å². The van der Waals surface area contributed by atoms with Gasteiger partial charge in [-0.3, -0.25) is 9.80 Å². The molecule has 0 unspecified atom stereocenters. The number of alkyl carbamates (subject to hydrolysis) is 1. The first-order valence-corrected chi connectivity index (χ1v) is 9.86. The van der Waals surface area contributed by atoms with Crippen LogP contribution >= 0.6 is 0 Å². The van der Waals surface area contributed by atoms with Crippen LogP contribution in [0.3, 0.4) is 0 Å². The van der Waals surface area contributed by atoms with Gasteiger partial charge in [0.05, 0.1) is 18.3 Å². The SMILES string of the molecule is CC(C)(C)OC(=O)NC1CN(C[C@@H]2CN(c3ccc4c(c3)OCCO4)C(=O)O2)C1. The monoisotopic (exact) mass is 405 g/mol. The Kier molecular flexibility index (Phi) is 5.16. The van der Waals surface area contributed by atoms with E-state index in [1.54, 1.807) is 4.90 Å². The molecule has 2 saturated heterocycles. The lowest BCUT2D eigenvalue weighted by atomic mass is 10.1. The summed E-state index contributed by atoms with van der Waals surface area (Å²) in [5, 5.41) is 2.85. The molecule has 0 aliphatic carbocycles. The van der Waals surface area contributed by atoms with E-state index in [2.05, 4.69) is 10.2 Å². The number of nitrogens with zero attached hydrogens (tertiary/aromatic N) is 2. The average Bonchev–Trinajstić information content (AvgIpc) is 2.98. The van der Waals surface area contributed by atoms with Gasteiger partial charge in [0.15, 0.2) is 11.5 Å². The van der Waals surface area contributed by atoms with Crippen LogP contribution in [0.25, 0.3) is 0 Å². The van der Waals surface area contributed by atoms with Crippen molar-refractivity contribution in [2.45, 2.75) is 38.5 Å². The fraction of sp³-hybridized carbons (Fsp3) is 0.600. The average molecular weight is 405 g/mol. The van der Waals surface area contributed by atoms with Crippen LogP contribution in [0.15, 0.2) is 18.2 Å². The fourth-order valence-electron chi connectivity index (χ4n) is 3.60. The number of cyclic esters (lactones) is 1. The molecule has 1 atom stereocenters. The molecule has 1 aromatic carbocycles. The predicted molar refractivity (Wildman–Crippen MR) is 105 cm³/mol. The summed E-state index contributed by atoms with van der Waals surface area (Å²) < 4.78 is 21.9. The summed E-state index contributed by atoms with van der Waals surface area (Å²) in [7, 11) is 0. The minimum atomic E-state index is -0.511. The molecule has 2 fully saturated rings. The minimum absolute atomic E-state index is 0.0517. The summed E-state index contributed by atoms with van der Waals surface area (Å²) in [6.07, 6.45) is -0.993. The Balaban J connectivity index is 1.25. The van der Waals surface area contributed by atoms with Gasteiger partial charge >= 0.3 is 12.2 Å². The number of nitrogens with one attached hydrogen (secondary N) is 1. The quantitative estimate of drug-likeness (QED) is 0.819. The number of benzene rings is 1. The Morgan fingerprint density at radius 3 is 2.62 bits per heavy atom. The Morgan fingerprint density at radius 1 is 1.17 bits per heavy atom. The number of anilines is 1. The highest BCUT2D eigenvalue weighted by Crippen LogP contribution is 2.35. The molecule has 4 rings (SSSR count). The smallest absolute Gasteiger partial charge is 0.414 e. The van der Waals surface area contributed by atoms with Crippen molar-refractivity contribution in [1.82, 2.24) is 10.2 Å². The van der Waals surface area contributed by atoms with E-state index >= 15 is 0 Å². The van der Waals surface area contributed by atoms with Crippen molar-refractivity contribution in [3.05, 3.63) is 18.2 Å². The zero-order chi connectivity index (χ0) is 20.6. The van der Waals surface area contributed by atoms with Crippen LogP contribution in [0.5, 0.6) is 11.5 Å². The van der Waals surface area contributed by atoms with Gasteiger partial charge in [0.25, 0.3) is 0 Å². The van der Waals surface area contributed by atoms with E-state index in [1.807, 2.05) is 39.0 Å². The number of amides is 2. The molecule has 0 aromatic heterocycles. The second-order valence-corrected chi connectivity index (χ2v) is 8.51. The van der Waals surface area contributed by atoms with Gasteiger partial charge in [0.1, 0.15) is 24.9 Å². The lowest BCUT2D eigenvalue weighted by Crippen LogP contribution is -2.61. The standard InChI is InChI=1S/C20H27N3O6/c1-20(2,3)29-18(24)21-13-9-22(10-13)11-15-12-23(19(25)28-15)14-4-5-16-17(8-14)27-7-6-26-16/h4-5,8,13,15H,6-7,9-12H2,1-3H3,(H,21,24)/t15-/m1/s1. The van der Waals surface area contributed by atoms with Crippen LogP contribution in [-0.2, 0) is 9.47 Å². The summed E-state index contributed by atoms with van der Waals surface area (Å²) in [6, 6.07) is 5.51. The van der Waals surface area contributed by atoms with E-state index in [1.165, 1.54) is 0 Å². The van der Waals surface area contributed by atoms with Gasteiger partial charge in [-0.05, 0) is 32.9 Å². The maximum absolute atomic E-state index is 12.3. The molecule has 1 aromatic rings. The van der Waals surface area contributed by atoms with Crippen molar-refractivity contribution in [1.29, 1.82) is 0 Å². The third-order valence-electron chi connectivity index (χ3n) is 4.85. The van der Waals surface area contributed by atoms with E-state index in [9.17, 15) is 9.59 Å². The summed E-state index contributed by atoms with van der Waals surface area (Å²) in [5.74, 6) is 1.33. The first kappa shape index (κ1) is 19.6. The maximum Gasteiger partial charge on any atom is 0.414 e. The lowest BCUT2D eigenvalue weighted by molar-refractivity contribution is 0.0326. The number of carbonyl (C=O) groups is 2. The first-order valence-electron chi connectivity index (χ1n) is 9.86. The van der Waals surface area contributed by atoms with E-state index in [0.29, 0.717) is 50.9 Å². The van der Waals surface area contributed by atoms with Crippen molar-refractivity contribution in [2.75, 3.05) is 44.3 Å². The summed E-state index contributed by atoms with van der Waals surface area (Å²) >= 11 is 0. The van der Waals surface area contributed by atoms with E-state index in [4.69, 9.17) is 18.9 Å². The van der Waals surface area contributed by atoms with Crippen LogP contribution in [-0.4, -0.2) is 74.2 Å². The van der Waals surface area contributed by atoms with Crippen LogP contribution in [0.4, 0.5) is 15.3 Å². The highest BCUT2D eigenvalue weighted by molar-refractivity contribution is 5.90. The molecule has 0 saturated carbocycles. The molecule has 0 bridgehead atoms. The van der Waals surface area contributed by atoms with E-state index in [0.717, 1.165) is 5.69 Å². The van der Waals surface area contributed by atoms with Gasteiger partial charge in [-0.2, -0.15) is 0 Å². The van der Waals surface area contributed by atoms with Gasteiger partial charge in [0, 0.05) is 25.7 Å². The minimum Gasteiger partial charge on any atom is -0.486 e. The fourth-order valence-corrected chi connectivity index (χ4v) is 3.60. The van der Waals surface area contributed by atoms with Crippen LogP contribution in [0.2, 0.25) is 0 Å². The Morgan fingerprint density at radius 2 is 1.90 bits per heavy atom. The highest BCUT2D eigenvalue weighted by Gasteiger charge is 2.37. The first-order chi connectivity index (χ1) is 13.8. The third-order valence-corrected chi connectivity index (χ3v) is 4.85. The molecule has 3 heterocycles. The molecule has 9 nitrogen and oxygen atoms in total. The predicted octanol–water partition coefficient (Wildman–Crippen LogP) is 1.99. The third kappa shape index (κ3) is 4.67. The van der Waals surface area contributed by atoms with Gasteiger partial charge in [-0.15, -0.1) is 0 Å². The van der Waals surface area contributed by atoms with Gasteiger partial charge < -0.3 is 24.3 Å². The number of hydrogen-bond donors (Lipinski definition) is 1. The zero-order valence-corrected chi connectivity index (χ0v) is 17.0. The van der Waals surface area contributed by atoms with Gasteiger partial charge in [-0.25, -0.2) is 9.59 Å². The Bertz CT molecular complexity index is 787. The molecule has 3 aliphatic rings. The second-order valence-electron chi connectivity index (χ2n) is 8.51. The maximum atomic E-state index is 12.3. The number of rotatable bonds is 4. The van der Waals surface area contributed by atoms with Crippen molar-refractivity contribution in [3.8, 4) is 11.5 Å². The highest BCUT2D eigenvalue weighted by atomic mass is 16.6. The zero-order valence-electron chi connectivity index (χ0n) is 17.0. The largest absolute Gasteiger partial charge is 0.486 e. The number of hydrogen-bond acceptors (Lipinski definition) is 7. The van der Waals surface area contributed by atoms with Crippen molar-refractivity contribution < 1.29 is 28.5 Å². The van der Waals surface area contributed by atoms with Crippen LogP contribution < -0.4 is 19.7 Å². The molecule has 9 heteroatoms. The van der Waals surface area contributed by atoms with Crippen LogP contribution in [0.1, 0.15) is 20.8 Å². The number of ether oxygens (including phenoxy) is 4. The van der Waals surface area contributed by atoms with Gasteiger partial charge in [-0.1, -0.05) is 0 Å². The summed E-state index contributed by atoms with van der Waals surface area (Å²) in [5.41, 5.74) is 0.220. The van der Waals surface area contributed by atoms with Crippen molar-refractivity contribution in [2.24, 2.45) is 0 Å². The molecule has 3 aliphatic heterocycles. The van der Waals surface area contributed by atoms with E-state index < -0.39 is 11.7 Å². The number of likely N-dealkylation sites (tertiary alicyclic amines) is 1. The Hall–Kier alpha value is -2.68. The molecule has 158 valence electrons. The number of carbonyl (C=O) groups excluding carboxylic acids is 2. The normalized spacial score (nSPS) is 22.1. The Labute approximate surface area is 169 Å². The molecule has 2 amide bonds. The van der Waals surface area contributed by atoms with Crippen LogP contribution in [0, 0.1) is 0 Å². The second kappa shape index (κ2) is 7.62. The molecule has 0 spiro atoms. The van der Waals surface area contributed by atoms with E-state index in [-0.39, 0.29) is 18.2 Å². The molecule has 0 radical (unpaired) electrons. The lowest BCUT2D eigenvalue weighted by Gasteiger charge is -2.40. The molecule has 29 heavy (non-hydrogen) atoms. The summed E-state index contributed by atoms with van der Waals surface area (Å²) in [6.45, 7) is 9.04. The molecule has 1 N–H and O–H groups in total. The van der Waals surface area contributed by atoms with Crippen molar-refractivity contribution >= 4 is 17.9 Å². The topological polar surface area (TPSA) is 89.6 Å². The molecular formula is C20H27N3O6. The van der Waals surface area contributed by atoms with Crippen molar-refractivity contribution in [3.63, 3.8) is 0 Å².